The summed E-state index contributed by atoms with van der Waals surface area (Å²) in [6.07, 6.45) is 1.99. The molecule has 246 valence electrons. The highest BCUT2D eigenvalue weighted by atomic mass is 16.6. The third kappa shape index (κ3) is 4.65. The van der Waals surface area contributed by atoms with Crippen molar-refractivity contribution in [3.63, 3.8) is 0 Å². The van der Waals surface area contributed by atoms with Gasteiger partial charge in [0.25, 0.3) is 0 Å². The van der Waals surface area contributed by atoms with Gasteiger partial charge < -0.3 is 33.2 Å². The number of aliphatic hydroxyl groups is 1. The average molecular weight is 627 g/mol. The fourth-order valence-electron chi connectivity index (χ4n) is 10.3. The van der Waals surface area contributed by atoms with Crippen molar-refractivity contribution < 1.29 is 47.6 Å². The molecule has 1 N–H and O–H groups in total. The zero-order chi connectivity index (χ0) is 32.6. The van der Waals surface area contributed by atoms with Crippen LogP contribution in [0.5, 0.6) is 0 Å². The van der Waals surface area contributed by atoms with Crippen molar-refractivity contribution in [1.82, 2.24) is 0 Å². The molecule has 3 heterocycles. The average Bonchev–Trinajstić information content (AvgIpc) is 3.68. The van der Waals surface area contributed by atoms with E-state index in [0.717, 1.165) is 16.7 Å². The Balaban J connectivity index is 1.61. The van der Waals surface area contributed by atoms with E-state index < -0.39 is 71.0 Å². The van der Waals surface area contributed by atoms with Crippen molar-refractivity contribution in [2.45, 2.75) is 117 Å². The maximum Gasteiger partial charge on any atom is 0.333 e. The predicted molar refractivity (Wildman–Crippen MR) is 160 cm³/mol. The molecular weight excluding hydrogens is 580 g/mol. The predicted octanol–water partition coefficient (Wildman–Crippen LogP) is 5.00. The first-order chi connectivity index (χ1) is 21.2. The molecule has 5 aliphatic rings. The number of hydrogen-bond donors (Lipinski definition) is 1. The van der Waals surface area contributed by atoms with Crippen LogP contribution in [0.15, 0.2) is 45.8 Å². The minimum atomic E-state index is -1.12. The van der Waals surface area contributed by atoms with Crippen molar-refractivity contribution in [3.8, 4) is 0 Å². The largest absolute Gasteiger partial charge is 0.472 e. The van der Waals surface area contributed by atoms with Crippen LogP contribution in [0.2, 0.25) is 0 Å². The van der Waals surface area contributed by atoms with Crippen LogP contribution in [0.25, 0.3) is 0 Å². The molecule has 12 atom stereocenters. The molecule has 10 heteroatoms. The van der Waals surface area contributed by atoms with E-state index in [1.807, 2.05) is 13.0 Å². The Kier molecular flexibility index (Phi) is 7.89. The number of carbonyl (C=O) groups excluding carboxylic acids is 3. The van der Waals surface area contributed by atoms with Gasteiger partial charge in [-0.1, -0.05) is 32.4 Å². The molecule has 10 nitrogen and oxygen atoms in total. The van der Waals surface area contributed by atoms with Crippen molar-refractivity contribution in [3.05, 3.63) is 47.0 Å². The van der Waals surface area contributed by atoms with Crippen molar-refractivity contribution in [2.75, 3.05) is 6.61 Å². The third-order valence-corrected chi connectivity index (χ3v) is 12.1. The zero-order valence-electron chi connectivity index (χ0n) is 27.5. The van der Waals surface area contributed by atoms with E-state index in [1.165, 1.54) is 13.8 Å². The second kappa shape index (κ2) is 11.1. The van der Waals surface area contributed by atoms with Crippen molar-refractivity contribution in [2.24, 2.45) is 28.1 Å². The van der Waals surface area contributed by atoms with Crippen molar-refractivity contribution >= 4 is 17.9 Å². The highest BCUT2D eigenvalue weighted by molar-refractivity contribution is 5.87. The summed E-state index contributed by atoms with van der Waals surface area (Å²) >= 11 is 0. The molecule has 45 heavy (non-hydrogen) atoms. The lowest BCUT2D eigenvalue weighted by Gasteiger charge is -2.66. The van der Waals surface area contributed by atoms with Crippen LogP contribution in [-0.4, -0.2) is 66.4 Å². The summed E-state index contributed by atoms with van der Waals surface area (Å²) < 4.78 is 37.2. The molecule has 0 amide bonds. The highest BCUT2D eigenvalue weighted by Crippen LogP contribution is 2.72. The van der Waals surface area contributed by atoms with Gasteiger partial charge in [-0.15, -0.1) is 0 Å². The summed E-state index contributed by atoms with van der Waals surface area (Å²) in [4.78, 5) is 38.7. The van der Waals surface area contributed by atoms with E-state index in [9.17, 15) is 19.5 Å². The Bertz CT molecular complexity index is 1430. The number of fused-ring (bicyclic) bond motifs is 4. The Morgan fingerprint density at radius 2 is 1.69 bits per heavy atom. The smallest absolute Gasteiger partial charge is 0.333 e. The van der Waals surface area contributed by atoms with Crippen LogP contribution in [0.4, 0.5) is 0 Å². The SMILES string of the molecule is CC=C(C)C(=O)O[C@@H]1[C@@H]2OC[C@]3(C)[C@H](OC(C)=O)C[C@H](OC(C)=O)[C@@](C)([C@@H]23)[C@H]2C[C@@H](O)O[C@H]3C[C@H](c4ccoc4)C(C)=C3[C@]12C. The second-order valence-electron chi connectivity index (χ2n) is 14.4. The molecule has 2 aliphatic heterocycles. The van der Waals surface area contributed by atoms with Gasteiger partial charge in [-0.25, -0.2) is 4.79 Å². The van der Waals surface area contributed by atoms with Gasteiger partial charge >= 0.3 is 17.9 Å². The van der Waals surface area contributed by atoms with E-state index in [2.05, 4.69) is 20.8 Å². The van der Waals surface area contributed by atoms with Gasteiger partial charge in [-0.2, -0.15) is 0 Å². The van der Waals surface area contributed by atoms with Crippen LogP contribution in [0, 0.1) is 28.1 Å². The zero-order valence-corrected chi connectivity index (χ0v) is 27.5. The number of allylic oxidation sites excluding steroid dienone is 2. The van der Waals surface area contributed by atoms with Gasteiger partial charge in [0, 0.05) is 60.3 Å². The molecule has 1 aromatic heterocycles. The minimum Gasteiger partial charge on any atom is -0.472 e. The summed E-state index contributed by atoms with van der Waals surface area (Å²) in [6.45, 7) is 14.9. The number of furan rings is 1. The quantitative estimate of drug-likeness (QED) is 0.206. The van der Waals surface area contributed by atoms with Crippen LogP contribution in [0.1, 0.15) is 86.1 Å². The normalized spacial score (nSPS) is 43.9. The van der Waals surface area contributed by atoms with E-state index in [1.54, 1.807) is 32.4 Å². The van der Waals surface area contributed by atoms with Gasteiger partial charge in [0.1, 0.15) is 18.3 Å². The summed E-state index contributed by atoms with van der Waals surface area (Å²) in [5.74, 6) is -2.08. The van der Waals surface area contributed by atoms with Crippen LogP contribution < -0.4 is 0 Å². The molecule has 0 unspecified atom stereocenters. The van der Waals surface area contributed by atoms with Crippen LogP contribution in [0.3, 0.4) is 0 Å². The molecule has 0 aromatic carbocycles. The number of ether oxygens (including phenoxy) is 5. The number of hydrogen-bond acceptors (Lipinski definition) is 10. The maximum atomic E-state index is 13.7. The molecule has 6 rings (SSSR count). The van der Waals surface area contributed by atoms with Crippen LogP contribution >= 0.6 is 0 Å². The molecule has 0 spiro atoms. The Morgan fingerprint density at radius 1 is 1.00 bits per heavy atom. The molecule has 2 saturated carbocycles. The van der Waals surface area contributed by atoms with Gasteiger partial charge in [-0.05, 0) is 50.3 Å². The first-order valence-corrected chi connectivity index (χ1v) is 16.0. The first kappa shape index (κ1) is 32.0. The number of esters is 3. The summed E-state index contributed by atoms with van der Waals surface area (Å²) in [5, 5.41) is 11.6. The third-order valence-electron chi connectivity index (χ3n) is 12.1. The van der Waals surface area contributed by atoms with E-state index in [0.29, 0.717) is 12.0 Å². The van der Waals surface area contributed by atoms with E-state index in [4.69, 9.17) is 28.1 Å². The summed E-state index contributed by atoms with van der Waals surface area (Å²) in [5.41, 5.74) is 1.18. The topological polar surface area (TPSA) is 131 Å². The van der Waals surface area contributed by atoms with E-state index in [-0.39, 0.29) is 37.2 Å². The second-order valence-corrected chi connectivity index (χ2v) is 14.4. The fraction of sp³-hybridized carbons (Fsp3) is 0.686. The highest BCUT2D eigenvalue weighted by Gasteiger charge is 2.77. The summed E-state index contributed by atoms with van der Waals surface area (Å²) in [7, 11) is 0. The number of rotatable bonds is 5. The molecular formula is C35H46O10. The van der Waals surface area contributed by atoms with Crippen molar-refractivity contribution in [1.29, 1.82) is 0 Å². The standard InChI is InChI=1S/C35H46O10/c1-9-17(2)32(39)45-31-29-30-33(6,16-41-29)25(42-19(4)36)14-26(43-20(5)37)34(30,7)24-13-27(38)44-23-12-22(21-10-11-40-15-21)18(3)28(23)35(24,31)8/h9-11,15,22-27,29-31,38H,12-14,16H2,1-8H3/t22-,23-,24+,25+,26-,27-,29+,30-,31+,33+,34-,35+/m0/s1. The number of carbonyl (C=O) groups is 3. The van der Waals surface area contributed by atoms with E-state index >= 15 is 0 Å². The molecule has 0 bridgehead atoms. The van der Waals surface area contributed by atoms with Gasteiger partial charge in [0.15, 0.2) is 6.29 Å². The first-order valence-electron chi connectivity index (χ1n) is 16.0. The number of aliphatic hydroxyl groups excluding tert-OH is 1. The lowest BCUT2D eigenvalue weighted by Crippen LogP contribution is -2.72. The molecule has 2 saturated heterocycles. The fourth-order valence-corrected chi connectivity index (χ4v) is 10.3. The lowest BCUT2D eigenvalue weighted by atomic mass is 9.39. The lowest BCUT2D eigenvalue weighted by molar-refractivity contribution is -0.262. The van der Waals surface area contributed by atoms with Gasteiger partial charge in [0.05, 0.1) is 31.3 Å². The molecule has 1 aromatic rings. The molecule has 0 radical (unpaired) electrons. The molecule has 4 fully saturated rings. The van der Waals surface area contributed by atoms with Gasteiger partial charge in [0.2, 0.25) is 0 Å². The van der Waals surface area contributed by atoms with Gasteiger partial charge in [-0.3, -0.25) is 9.59 Å². The monoisotopic (exact) mass is 626 g/mol. The maximum absolute atomic E-state index is 13.7. The molecule has 3 aliphatic carbocycles. The van der Waals surface area contributed by atoms with Crippen LogP contribution in [-0.2, 0) is 38.1 Å². The Hall–Kier alpha value is -2.95. The Morgan fingerprint density at radius 3 is 2.31 bits per heavy atom. The minimum absolute atomic E-state index is 0.0237. The summed E-state index contributed by atoms with van der Waals surface area (Å²) in [6, 6.07) is 1.94. The Labute approximate surface area is 264 Å².